The van der Waals surface area contributed by atoms with E-state index < -0.39 is 0 Å². The fourth-order valence-electron chi connectivity index (χ4n) is 3.27. The second-order valence-corrected chi connectivity index (χ2v) is 5.35. The van der Waals surface area contributed by atoms with Gasteiger partial charge in [-0.15, -0.1) is 0 Å². The quantitative estimate of drug-likeness (QED) is 0.696. The zero-order valence-electron chi connectivity index (χ0n) is 10.3. The van der Waals surface area contributed by atoms with E-state index in [4.69, 9.17) is 0 Å². The predicted octanol–water partition coefficient (Wildman–Crippen LogP) is 3.51. The van der Waals surface area contributed by atoms with Crippen molar-refractivity contribution in [3.8, 4) is 0 Å². The van der Waals surface area contributed by atoms with Gasteiger partial charge in [0.25, 0.3) is 0 Å². The fraction of sp³-hybridized carbons (Fsp3) is 0.857. The van der Waals surface area contributed by atoms with Gasteiger partial charge in [-0.25, -0.2) is 0 Å². The van der Waals surface area contributed by atoms with Gasteiger partial charge in [0.05, 0.1) is 0 Å². The molecule has 0 bridgehead atoms. The lowest BCUT2D eigenvalue weighted by atomic mass is 9.55. The van der Waals surface area contributed by atoms with Crippen molar-refractivity contribution in [1.82, 2.24) is 5.32 Å². The summed E-state index contributed by atoms with van der Waals surface area (Å²) in [4.78, 5) is 0. The van der Waals surface area contributed by atoms with E-state index in [1.165, 1.54) is 45.1 Å². The highest BCUT2D eigenvalue weighted by molar-refractivity contribution is 5.22. The molecule has 2 rings (SSSR count). The van der Waals surface area contributed by atoms with Crippen molar-refractivity contribution >= 4 is 0 Å². The van der Waals surface area contributed by atoms with Crippen LogP contribution in [-0.4, -0.2) is 13.1 Å². The Morgan fingerprint density at radius 1 is 1.47 bits per heavy atom. The fourth-order valence-corrected chi connectivity index (χ4v) is 3.27. The van der Waals surface area contributed by atoms with Crippen LogP contribution in [0, 0.1) is 11.3 Å². The molecule has 2 atom stereocenters. The summed E-state index contributed by atoms with van der Waals surface area (Å²) in [5.74, 6) is 0.904. The number of hydrogen-bond acceptors (Lipinski definition) is 1. The van der Waals surface area contributed by atoms with Crippen molar-refractivity contribution in [2.75, 3.05) is 13.1 Å². The van der Waals surface area contributed by atoms with Crippen molar-refractivity contribution in [2.24, 2.45) is 11.3 Å². The molecule has 0 radical (unpaired) electrons. The molecule has 2 unspecified atom stereocenters. The van der Waals surface area contributed by atoms with Crippen LogP contribution in [0.5, 0.6) is 0 Å². The zero-order chi connectivity index (χ0) is 10.7. The Labute approximate surface area is 94.3 Å². The summed E-state index contributed by atoms with van der Waals surface area (Å²) >= 11 is 0. The van der Waals surface area contributed by atoms with Gasteiger partial charge < -0.3 is 5.32 Å². The van der Waals surface area contributed by atoms with E-state index in [0.29, 0.717) is 5.41 Å². The lowest BCUT2D eigenvalue weighted by Crippen LogP contribution is -2.48. The molecule has 1 N–H and O–H groups in total. The van der Waals surface area contributed by atoms with Gasteiger partial charge >= 0.3 is 0 Å². The lowest BCUT2D eigenvalue weighted by Gasteiger charge is -2.51. The molecule has 0 heterocycles. The van der Waals surface area contributed by atoms with Gasteiger partial charge in [-0.3, -0.25) is 0 Å². The van der Waals surface area contributed by atoms with Gasteiger partial charge in [0.2, 0.25) is 0 Å². The minimum atomic E-state index is 0.552. The van der Waals surface area contributed by atoms with Gasteiger partial charge in [-0.05, 0) is 51.0 Å². The molecule has 0 saturated heterocycles. The van der Waals surface area contributed by atoms with Crippen molar-refractivity contribution in [1.29, 1.82) is 0 Å². The summed E-state index contributed by atoms with van der Waals surface area (Å²) in [7, 11) is 0. The molecule has 0 aromatic carbocycles. The summed E-state index contributed by atoms with van der Waals surface area (Å²) in [6.07, 6.45) is 10.9. The molecule has 0 aromatic rings. The minimum Gasteiger partial charge on any atom is -0.316 e. The molecule has 15 heavy (non-hydrogen) atoms. The summed E-state index contributed by atoms with van der Waals surface area (Å²) in [5, 5.41) is 3.58. The van der Waals surface area contributed by atoms with Crippen LogP contribution >= 0.6 is 0 Å². The zero-order valence-corrected chi connectivity index (χ0v) is 10.3. The van der Waals surface area contributed by atoms with Crippen molar-refractivity contribution in [3.63, 3.8) is 0 Å². The van der Waals surface area contributed by atoms with Gasteiger partial charge in [0.1, 0.15) is 0 Å². The molecule has 2 aliphatic rings. The van der Waals surface area contributed by atoms with Gasteiger partial charge in [-0.2, -0.15) is 0 Å². The Balaban J connectivity index is 2.07. The maximum Gasteiger partial charge on any atom is 0.00623 e. The van der Waals surface area contributed by atoms with E-state index in [9.17, 15) is 0 Å². The van der Waals surface area contributed by atoms with Gasteiger partial charge in [0, 0.05) is 12.0 Å². The molecule has 1 fully saturated rings. The Morgan fingerprint density at radius 2 is 2.33 bits per heavy atom. The van der Waals surface area contributed by atoms with E-state index in [1.54, 1.807) is 5.57 Å². The van der Waals surface area contributed by atoms with E-state index in [2.05, 4.69) is 25.2 Å². The van der Waals surface area contributed by atoms with Crippen LogP contribution in [0.15, 0.2) is 11.6 Å². The molecule has 1 heteroatoms. The highest BCUT2D eigenvalue weighted by Gasteiger charge is 2.45. The first-order chi connectivity index (χ1) is 7.29. The molecule has 0 aromatic heterocycles. The number of allylic oxidation sites excluding steroid dienone is 1. The van der Waals surface area contributed by atoms with Crippen LogP contribution in [-0.2, 0) is 0 Å². The highest BCUT2D eigenvalue weighted by Crippen LogP contribution is 2.53. The average molecular weight is 207 g/mol. The largest absolute Gasteiger partial charge is 0.316 e. The van der Waals surface area contributed by atoms with Crippen LogP contribution in [0.25, 0.3) is 0 Å². The molecule has 0 spiro atoms. The first-order valence-corrected chi connectivity index (χ1v) is 6.70. The summed E-state index contributed by atoms with van der Waals surface area (Å²) in [6, 6.07) is 0. The number of rotatable bonds is 4. The third kappa shape index (κ3) is 1.99. The van der Waals surface area contributed by atoms with Crippen molar-refractivity contribution in [2.45, 2.75) is 52.4 Å². The van der Waals surface area contributed by atoms with Crippen molar-refractivity contribution < 1.29 is 0 Å². The highest BCUT2D eigenvalue weighted by atomic mass is 14.9. The lowest BCUT2D eigenvalue weighted by molar-refractivity contribution is 0.0801. The predicted molar refractivity (Wildman–Crippen MR) is 65.9 cm³/mol. The average Bonchev–Trinajstić information content (AvgIpc) is 2.29. The van der Waals surface area contributed by atoms with Crippen LogP contribution < -0.4 is 5.32 Å². The SMILES string of the molecule is CCNCC1(C2=CCCCC2)CCC1C. The Bertz CT molecular complexity index is 244. The number of nitrogens with one attached hydrogen (secondary N) is 1. The Hall–Kier alpha value is -0.300. The molecular formula is C14H25N. The third-order valence-electron chi connectivity index (χ3n) is 4.59. The number of hydrogen-bond donors (Lipinski definition) is 1. The topological polar surface area (TPSA) is 12.0 Å². The molecule has 2 aliphatic carbocycles. The van der Waals surface area contributed by atoms with E-state index in [0.717, 1.165) is 12.5 Å². The second kappa shape index (κ2) is 4.69. The summed E-state index contributed by atoms with van der Waals surface area (Å²) < 4.78 is 0. The molecule has 0 aliphatic heterocycles. The van der Waals surface area contributed by atoms with Gasteiger partial charge in [-0.1, -0.05) is 25.5 Å². The molecule has 86 valence electrons. The molecule has 1 nitrogen and oxygen atoms in total. The second-order valence-electron chi connectivity index (χ2n) is 5.35. The summed E-state index contributed by atoms with van der Waals surface area (Å²) in [5.41, 5.74) is 2.34. The van der Waals surface area contributed by atoms with Crippen molar-refractivity contribution in [3.05, 3.63) is 11.6 Å². The minimum absolute atomic E-state index is 0.552. The maximum atomic E-state index is 3.58. The van der Waals surface area contributed by atoms with Crippen LogP contribution in [0.3, 0.4) is 0 Å². The summed E-state index contributed by atoms with van der Waals surface area (Å²) in [6.45, 7) is 6.99. The monoisotopic (exact) mass is 207 g/mol. The first-order valence-electron chi connectivity index (χ1n) is 6.70. The Morgan fingerprint density at radius 3 is 2.80 bits per heavy atom. The van der Waals surface area contributed by atoms with Gasteiger partial charge in [0.15, 0.2) is 0 Å². The van der Waals surface area contributed by atoms with Crippen LogP contribution in [0.1, 0.15) is 52.4 Å². The van der Waals surface area contributed by atoms with Crippen LogP contribution in [0.4, 0.5) is 0 Å². The standard InChI is InChI=1S/C14H25N/c1-3-15-11-14(10-9-12(14)2)13-7-5-4-6-8-13/h7,12,15H,3-6,8-11H2,1-2H3. The van der Waals surface area contributed by atoms with E-state index in [-0.39, 0.29) is 0 Å². The Kier molecular flexibility index (Phi) is 3.50. The maximum absolute atomic E-state index is 3.58. The smallest absolute Gasteiger partial charge is 0.00623 e. The third-order valence-corrected chi connectivity index (χ3v) is 4.59. The molecule has 0 amide bonds. The first kappa shape index (κ1) is 11.2. The van der Waals surface area contributed by atoms with Crippen LogP contribution in [0.2, 0.25) is 0 Å². The van der Waals surface area contributed by atoms with E-state index in [1.807, 2.05) is 0 Å². The molecule has 1 saturated carbocycles. The molecular weight excluding hydrogens is 182 g/mol. The van der Waals surface area contributed by atoms with E-state index >= 15 is 0 Å². The normalized spacial score (nSPS) is 35.9.